The highest BCUT2D eigenvalue weighted by atomic mass is 16.5. The quantitative estimate of drug-likeness (QED) is 0.896. The van der Waals surface area contributed by atoms with Crippen molar-refractivity contribution >= 4 is 16.6 Å². The van der Waals surface area contributed by atoms with E-state index in [9.17, 15) is 0 Å². The van der Waals surface area contributed by atoms with Gasteiger partial charge in [-0.1, -0.05) is 13.8 Å². The number of fused-ring (bicyclic) bond motifs is 1. The third-order valence-electron chi connectivity index (χ3n) is 3.61. The molecule has 1 aliphatic heterocycles. The Labute approximate surface area is 121 Å². The molecule has 1 saturated heterocycles. The van der Waals surface area contributed by atoms with Crippen LogP contribution in [0.4, 0.5) is 5.69 Å². The van der Waals surface area contributed by atoms with Crippen molar-refractivity contribution in [3.63, 3.8) is 0 Å². The monoisotopic (exact) mass is 275 g/mol. The molecular formula is C16H25N3O. The van der Waals surface area contributed by atoms with Crippen molar-refractivity contribution in [2.24, 2.45) is 0 Å². The molecule has 0 aliphatic carbocycles. The summed E-state index contributed by atoms with van der Waals surface area (Å²) < 4.78 is 7.89. The second kappa shape index (κ2) is 6.75. The molecule has 1 aromatic heterocycles. The first-order chi connectivity index (χ1) is 9.79. The highest BCUT2D eigenvalue weighted by Crippen LogP contribution is 2.29. The maximum atomic E-state index is 5.84. The van der Waals surface area contributed by atoms with E-state index in [-0.39, 0.29) is 6.23 Å². The smallest absolute Gasteiger partial charge is 0.150 e. The van der Waals surface area contributed by atoms with Gasteiger partial charge in [0.1, 0.15) is 0 Å². The zero-order valence-corrected chi connectivity index (χ0v) is 12.9. The van der Waals surface area contributed by atoms with Gasteiger partial charge in [-0.05, 0) is 44.4 Å². The molecule has 4 nitrogen and oxygen atoms in total. The molecule has 0 amide bonds. The minimum absolute atomic E-state index is 0.0991. The summed E-state index contributed by atoms with van der Waals surface area (Å²) in [6, 6.07) is 6.36. The number of ether oxygens (including phenoxy) is 1. The van der Waals surface area contributed by atoms with E-state index in [1.165, 1.54) is 11.8 Å². The topological polar surface area (TPSA) is 39.1 Å². The normalized spacial score (nSPS) is 18.5. The lowest BCUT2D eigenvalue weighted by Gasteiger charge is -2.23. The van der Waals surface area contributed by atoms with E-state index < -0.39 is 0 Å². The van der Waals surface area contributed by atoms with Crippen LogP contribution < -0.4 is 5.32 Å². The molecule has 110 valence electrons. The average molecular weight is 275 g/mol. The molecule has 2 heterocycles. The summed E-state index contributed by atoms with van der Waals surface area (Å²) >= 11 is 0. The van der Waals surface area contributed by atoms with E-state index in [0.717, 1.165) is 36.3 Å². The maximum absolute atomic E-state index is 5.84. The number of rotatable bonds is 2. The van der Waals surface area contributed by atoms with Crippen LogP contribution in [0.25, 0.3) is 10.9 Å². The summed E-state index contributed by atoms with van der Waals surface area (Å²) in [4.78, 5) is 0. The highest BCUT2D eigenvalue weighted by molar-refractivity contribution is 5.85. The summed E-state index contributed by atoms with van der Waals surface area (Å²) in [7, 11) is 1.94. The van der Waals surface area contributed by atoms with Crippen molar-refractivity contribution in [2.75, 3.05) is 19.0 Å². The lowest BCUT2D eigenvalue weighted by atomic mass is 10.1. The molecule has 20 heavy (non-hydrogen) atoms. The third kappa shape index (κ3) is 2.80. The lowest BCUT2D eigenvalue weighted by Crippen LogP contribution is -2.19. The molecule has 1 fully saturated rings. The summed E-state index contributed by atoms with van der Waals surface area (Å²) in [5.74, 6) is 0. The second-order valence-electron chi connectivity index (χ2n) is 4.83. The molecule has 1 N–H and O–H groups in total. The van der Waals surface area contributed by atoms with Gasteiger partial charge in [-0.15, -0.1) is 0 Å². The highest BCUT2D eigenvalue weighted by Gasteiger charge is 2.19. The van der Waals surface area contributed by atoms with Gasteiger partial charge in [-0.3, -0.25) is 0 Å². The summed E-state index contributed by atoms with van der Waals surface area (Å²) in [5, 5.41) is 9.04. The fourth-order valence-corrected chi connectivity index (χ4v) is 2.59. The van der Waals surface area contributed by atoms with Crippen LogP contribution in [0.15, 0.2) is 18.2 Å². The van der Waals surface area contributed by atoms with Crippen LogP contribution in [0.2, 0.25) is 0 Å². The molecule has 0 radical (unpaired) electrons. The van der Waals surface area contributed by atoms with E-state index in [1.807, 2.05) is 25.6 Å². The lowest BCUT2D eigenvalue weighted by molar-refractivity contribution is -0.0368. The molecule has 1 atom stereocenters. The van der Waals surface area contributed by atoms with Gasteiger partial charge in [-0.25, -0.2) is 4.68 Å². The van der Waals surface area contributed by atoms with Gasteiger partial charge >= 0.3 is 0 Å². The van der Waals surface area contributed by atoms with Crippen molar-refractivity contribution in [2.45, 2.75) is 46.3 Å². The molecule has 0 spiro atoms. The Morgan fingerprint density at radius 3 is 2.75 bits per heavy atom. The Balaban J connectivity index is 0.000000704. The Hall–Kier alpha value is -1.55. The van der Waals surface area contributed by atoms with Gasteiger partial charge in [0.2, 0.25) is 0 Å². The number of anilines is 1. The molecule has 0 saturated carbocycles. The Bertz CT molecular complexity index is 556. The van der Waals surface area contributed by atoms with Crippen LogP contribution in [0.5, 0.6) is 0 Å². The number of nitrogens with one attached hydrogen (secondary N) is 1. The summed E-state index contributed by atoms with van der Waals surface area (Å²) in [5.41, 5.74) is 3.34. The van der Waals surface area contributed by atoms with Crippen molar-refractivity contribution in [1.82, 2.24) is 9.78 Å². The largest absolute Gasteiger partial charge is 0.388 e. The van der Waals surface area contributed by atoms with Crippen LogP contribution in [0, 0.1) is 6.92 Å². The Kier molecular flexibility index (Phi) is 5.01. The minimum atomic E-state index is 0.0991. The fraction of sp³-hybridized carbons (Fsp3) is 0.562. The van der Waals surface area contributed by atoms with Crippen molar-refractivity contribution in [3.8, 4) is 0 Å². The van der Waals surface area contributed by atoms with E-state index in [2.05, 4.69) is 35.5 Å². The first-order valence-electron chi connectivity index (χ1n) is 7.58. The second-order valence-corrected chi connectivity index (χ2v) is 4.83. The molecular weight excluding hydrogens is 250 g/mol. The molecule has 1 unspecified atom stereocenters. The average Bonchev–Trinajstić information content (AvgIpc) is 2.86. The van der Waals surface area contributed by atoms with Gasteiger partial charge in [0.05, 0.1) is 11.2 Å². The molecule has 0 bridgehead atoms. The number of aromatic nitrogens is 2. The van der Waals surface area contributed by atoms with Gasteiger partial charge in [0.15, 0.2) is 6.23 Å². The van der Waals surface area contributed by atoms with Gasteiger partial charge in [-0.2, -0.15) is 5.10 Å². The van der Waals surface area contributed by atoms with Crippen LogP contribution in [0.1, 0.15) is 45.0 Å². The number of aryl methyl sites for hydroxylation is 1. The zero-order chi connectivity index (χ0) is 14.5. The molecule has 2 aromatic rings. The van der Waals surface area contributed by atoms with Crippen molar-refractivity contribution < 1.29 is 4.74 Å². The van der Waals surface area contributed by atoms with Crippen molar-refractivity contribution in [1.29, 1.82) is 0 Å². The molecule has 1 aromatic carbocycles. The van der Waals surface area contributed by atoms with Gasteiger partial charge in [0.25, 0.3) is 0 Å². The van der Waals surface area contributed by atoms with E-state index in [1.54, 1.807) is 0 Å². The van der Waals surface area contributed by atoms with Crippen molar-refractivity contribution in [3.05, 3.63) is 23.9 Å². The number of benzene rings is 1. The zero-order valence-electron chi connectivity index (χ0n) is 12.9. The molecule has 3 rings (SSSR count). The van der Waals surface area contributed by atoms with Gasteiger partial charge < -0.3 is 10.1 Å². The molecule has 1 aliphatic rings. The first kappa shape index (κ1) is 14.9. The molecule has 4 heteroatoms. The van der Waals surface area contributed by atoms with Crippen LogP contribution in [-0.4, -0.2) is 23.4 Å². The number of hydrogen-bond donors (Lipinski definition) is 1. The predicted molar refractivity (Wildman–Crippen MR) is 84.2 cm³/mol. The van der Waals surface area contributed by atoms with Crippen LogP contribution in [0.3, 0.4) is 0 Å². The predicted octanol–water partition coefficient (Wildman–Crippen LogP) is 4.11. The Morgan fingerprint density at radius 2 is 2.10 bits per heavy atom. The van der Waals surface area contributed by atoms with E-state index in [4.69, 9.17) is 4.74 Å². The third-order valence-corrected chi connectivity index (χ3v) is 3.61. The van der Waals surface area contributed by atoms with Crippen LogP contribution >= 0.6 is 0 Å². The summed E-state index contributed by atoms with van der Waals surface area (Å²) in [6.07, 6.45) is 3.54. The summed E-state index contributed by atoms with van der Waals surface area (Å²) in [6.45, 7) is 6.90. The number of nitrogens with zero attached hydrogens (tertiary/aromatic N) is 2. The Morgan fingerprint density at radius 1 is 1.30 bits per heavy atom. The van der Waals surface area contributed by atoms with E-state index >= 15 is 0 Å². The fourth-order valence-electron chi connectivity index (χ4n) is 2.59. The first-order valence-corrected chi connectivity index (χ1v) is 7.58. The SMILES string of the molecule is CC.CNc1ccc2c(C)nn(C3CCCCO3)c2c1. The van der Waals surface area contributed by atoms with Gasteiger partial charge in [0, 0.05) is 24.7 Å². The maximum Gasteiger partial charge on any atom is 0.150 e. The minimum Gasteiger partial charge on any atom is -0.388 e. The standard InChI is InChI=1S/C14H19N3O.C2H6/c1-10-12-7-6-11(15-2)9-13(12)17(16-10)14-5-3-4-8-18-14;1-2/h6-7,9,14-15H,3-5,8H2,1-2H3;1-2H3. The number of hydrogen-bond acceptors (Lipinski definition) is 3. The van der Waals surface area contributed by atoms with Crippen LogP contribution in [-0.2, 0) is 4.74 Å². The van der Waals surface area contributed by atoms with E-state index in [0.29, 0.717) is 0 Å².